The van der Waals surface area contributed by atoms with Crippen LogP contribution in [0.25, 0.3) is 6.08 Å². The van der Waals surface area contributed by atoms with Crippen molar-refractivity contribution in [3.63, 3.8) is 0 Å². The lowest BCUT2D eigenvalue weighted by molar-refractivity contribution is -0.145. The number of Topliss-reactive ketones (excluding diaryl/α,β-unsaturated/α-hetero) is 1. The fourth-order valence-electron chi connectivity index (χ4n) is 4.39. The van der Waals surface area contributed by atoms with Crippen LogP contribution in [0.1, 0.15) is 47.2 Å². The van der Waals surface area contributed by atoms with E-state index in [4.69, 9.17) is 37.4 Å². The number of hydrogen-bond acceptors (Lipinski definition) is 5. The molecule has 0 aliphatic carbocycles. The predicted octanol–water partition coefficient (Wildman–Crippen LogP) is 6.15. The van der Waals surface area contributed by atoms with Crippen LogP contribution in [0.3, 0.4) is 0 Å². The summed E-state index contributed by atoms with van der Waals surface area (Å²) in [5.41, 5.74) is 2.46. The van der Waals surface area contributed by atoms with Crippen LogP contribution in [0, 0.1) is 5.92 Å². The molecule has 0 saturated carbocycles. The number of ether oxygens (including phenoxy) is 3. The van der Waals surface area contributed by atoms with Crippen molar-refractivity contribution in [1.82, 2.24) is 0 Å². The average Bonchev–Trinajstić information content (AvgIpc) is 2.84. The van der Waals surface area contributed by atoms with Gasteiger partial charge in [0, 0.05) is 32.2 Å². The van der Waals surface area contributed by atoms with Crippen LogP contribution in [0.5, 0.6) is 0 Å². The Morgan fingerprint density at radius 2 is 1.71 bits per heavy atom. The molecule has 34 heavy (non-hydrogen) atoms. The van der Waals surface area contributed by atoms with E-state index in [1.54, 1.807) is 25.3 Å². The van der Waals surface area contributed by atoms with Crippen molar-refractivity contribution in [3.05, 3.63) is 75.3 Å². The summed E-state index contributed by atoms with van der Waals surface area (Å²) in [4.78, 5) is 25.1. The van der Waals surface area contributed by atoms with Gasteiger partial charge in [-0.15, -0.1) is 0 Å². The maximum absolute atomic E-state index is 12.8. The van der Waals surface area contributed by atoms with Crippen LogP contribution < -0.4 is 0 Å². The molecule has 0 N–H and O–H groups in total. The van der Waals surface area contributed by atoms with Crippen LogP contribution in [0.4, 0.5) is 0 Å². The predicted molar refractivity (Wildman–Crippen MR) is 135 cm³/mol. The molecule has 1 saturated heterocycles. The van der Waals surface area contributed by atoms with Gasteiger partial charge in [-0.1, -0.05) is 65.7 Å². The molecule has 0 amide bonds. The number of carbonyl (C=O) groups excluding carboxylic acids is 2. The van der Waals surface area contributed by atoms with Gasteiger partial charge in [-0.05, 0) is 42.5 Å². The third kappa shape index (κ3) is 6.48. The second kappa shape index (κ2) is 12.5. The molecule has 1 fully saturated rings. The lowest BCUT2D eigenvalue weighted by Crippen LogP contribution is -2.37. The van der Waals surface area contributed by atoms with E-state index >= 15 is 0 Å². The summed E-state index contributed by atoms with van der Waals surface area (Å²) in [5, 5.41) is 0.542. The molecule has 3 rings (SSSR count). The second-order valence-corrected chi connectivity index (χ2v) is 9.34. The van der Waals surface area contributed by atoms with E-state index < -0.39 is 11.9 Å². The fraction of sp³-hybridized carbons (Fsp3) is 0.407. The molecule has 7 heteroatoms. The highest BCUT2D eigenvalue weighted by molar-refractivity contribution is 6.39. The Kier molecular flexibility index (Phi) is 9.72. The molecule has 1 heterocycles. The summed E-state index contributed by atoms with van der Waals surface area (Å²) < 4.78 is 16.0. The standard InChI is InChI=1S/C27H30Cl2O5/c1-32-18-27(13-15-34-16-14-27)21-11-9-19(10-12-21)5-3-6-20(26(31)33-2)17-24(30)25-22(28)7-4-8-23(25)29/h3-5,7-12,20H,6,13-18H2,1-2H3/b5-3+. The Bertz CT molecular complexity index is 984. The van der Waals surface area contributed by atoms with Gasteiger partial charge in [0.15, 0.2) is 5.78 Å². The summed E-state index contributed by atoms with van der Waals surface area (Å²) in [6, 6.07) is 13.3. The van der Waals surface area contributed by atoms with E-state index in [1.807, 2.05) is 12.2 Å². The van der Waals surface area contributed by atoms with Crippen molar-refractivity contribution in [2.75, 3.05) is 34.0 Å². The SMILES string of the molecule is COCC1(c2ccc(/C=C/CC(CC(=O)c3c(Cl)cccc3Cl)C(=O)OC)cc2)CCOCC1. The fourth-order valence-corrected chi connectivity index (χ4v) is 5.00. The van der Waals surface area contributed by atoms with Gasteiger partial charge >= 0.3 is 5.97 Å². The van der Waals surface area contributed by atoms with E-state index in [9.17, 15) is 9.59 Å². The third-order valence-corrected chi connectivity index (χ3v) is 6.96. The monoisotopic (exact) mass is 504 g/mol. The molecule has 2 aromatic rings. The Morgan fingerprint density at radius 3 is 2.29 bits per heavy atom. The number of ketones is 1. The largest absolute Gasteiger partial charge is 0.469 e. The van der Waals surface area contributed by atoms with Gasteiger partial charge in [-0.3, -0.25) is 9.59 Å². The van der Waals surface area contributed by atoms with Crippen LogP contribution in [-0.2, 0) is 24.4 Å². The van der Waals surface area contributed by atoms with E-state index in [-0.39, 0.29) is 33.2 Å². The summed E-state index contributed by atoms with van der Waals surface area (Å²) >= 11 is 12.3. The molecule has 1 atom stereocenters. The van der Waals surface area contributed by atoms with Crippen LogP contribution in [-0.4, -0.2) is 45.8 Å². The van der Waals surface area contributed by atoms with Crippen LogP contribution in [0.15, 0.2) is 48.5 Å². The Balaban J connectivity index is 1.68. The molecule has 1 unspecified atom stereocenters. The summed E-state index contributed by atoms with van der Waals surface area (Å²) in [7, 11) is 3.05. The first-order valence-electron chi connectivity index (χ1n) is 11.3. The minimum Gasteiger partial charge on any atom is -0.469 e. The number of halogens is 2. The summed E-state index contributed by atoms with van der Waals surface area (Å²) in [6.45, 7) is 2.13. The highest BCUT2D eigenvalue weighted by atomic mass is 35.5. The quantitative estimate of drug-likeness (QED) is 0.286. The molecule has 0 radical (unpaired) electrons. The topological polar surface area (TPSA) is 61.8 Å². The Morgan fingerprint density at radius 1 is 1.06 bits per heavy atom. The van der Waals surface area contributed by atoms with Gasteiger partial charge in [-0.2, -0.15) is 0 Å². The molecule has 5 nitrogen and oxygen atoms in total. The highest BCUT2D eigenvalue weighted by Gasteiger charge is 2.34. The van der Waals surface area contributed by atoms with Crippen molar-refractivity contribution in [2.24, 2.45) is 5.92 Å². The number of rotatable bonds is 10. The normalized spacial score (nSPS) is 16.4. The zero-order valence-corrected chi connectivity index (χ0v) is 21.0. The van der Waals surface area contributed by atoms with Gasteiger partial charge in [0.05, 0.1) is 35.2 Å². The number of methoxy groups -OCH3 is 2. The van der Waals surface area contributed by atoms with Crippen LogP contribution in [0.2, 0.25) is 10.0 Å². The molecule has 1 aliphatic rings. The lowest BCUT2D eigenvalue weighted by atomic mass is 9.74. The number of esters is 1. The zero-order valence-electron chi connectivity index (χ0n) is 19.5. The number of allylic oxidation sites excluding steroid dienone is 1. The third-order valence-electron chi connectivity index (χ3n) is 6.33. The smallest absolute Gasteiger partial charge is 0.309 e. The molecule has 2 aromatic carbocycles. The van der Waals surface area contributed by atoms with E-state index in [2.05, 4.69) is 24.3 Å². The first-order valence-corrected chi connectivity index (χ1v) is 12.0. The van der Waals surface area contributed by atoms with Crippen molar-refractivity contribution in [1.29, 1.82) is 0 Å². The molecule has 1 aliphatic heterocycles. The first-order chi connectivity index (χ1) is 16.4. The molecule has 0 spiro atoms. The second-order valence-electron chi connectivity index (χ2n) is 8.53. The minimum absolute atomic E-state index is 0.0223. The Labute approximate surface area is 211 Å². The van der Waals surface area contributed by atoms with E-state index in [0.717, 1.165) is 31.6 Å². The summed E-state index contributed by atoms with van der Waals surface area (Å²) in [6.07, 6.45) is 6.01. The van der Waals surface area contributed by atoms with Crippen molar-refractivity contribution < 1.29 is 23.8 Å². The van der Waals surface area contributed by atoms with E-state index in [0.29, 0.717) is 13.0 Å². The highest BCUT2D eigenvalue weighted by Crippen LogP contribution is 2.35. The molecule has 0 bridgehead atoms. The molecule has 0 aromatic heterocycles. The van der Waals surface area contributed by atoms with Crippen molar-refractivity contribution in [3.8, 4) is 0 Å². The zero-order chi connectivity index (χ0) is 24.6. The first kappa shape index (κ1) is 26.4. The summed E-state index contributed by atoms with van der Waals surface area (Å²) in [5.74, 6) is -1.37. The van der Waals surface area contributed by atoms with Gasteiger partial charge in [0.1, 0.15) is 0 Å². The number of hydrogen-bond donors (Lipinski definition) is 0. The molecular formula is C27H30Cl2O5. The molecular weight excluding hydrogens is 475 g/mol. The molecule has 182 valence electrons. The van der Waals surface area contributed by atoms with Crippen molar-refractivity contribution in [2.45, 2.75) is 31.1 Å². The maximum Gasteiger partial charge on any atom is 0.309 e. The van der Waals surface area contributed by atoms with Gasteiger partial charge in [0.2, 0.25) is 0 Å². The van der Waals surface area contributed by atoms with Crippen molar-refractivity contribution >= 4 is 41.0 Å². The lowest BCUT2D eigenvalue weighted by Gasteiger charge is -2.37. The Hall–Kier alpha value is -2.18. The number of carbonyl (C=O) groups is 2. The van der Waals surface area contributed by atoms with Crippen LogP contribution >= 0.6 is 23.2 Å². The van der Waals surface area contributed by atoms with Gasteiger partial charge in [-0.25, -0.2) is 0 Å². The number of benzene rings is 2. The average molecular weight is 505 g/mol. The maximum atomic E-state index is 12.8. The van der Waals surface area contributed by atoms with Gasteiger partial charge in [0.25, 0.3) is 0 Å². The van der Waals surface area contributed by atoms with Gasteiger partial charge < -0.3 is 14.2 Å². The minimum atomic E-state index is -0.632. The van der Waals surface area contributed by atoms with E-state index in [1.165, 1.54) is 12.7 Å².